The molecule has 1 aliphatic rings. The first-order chi connectivity index (χ1) is 8.18. The summed E-state index contributed by atoms with van der Waals surface area (Å²) in [4.78, 5) is 0. The van der Waals surface area contributed by atoms with Crippen LogP contribution in [0.2, 0.25) is 0 Å². The van der Waals surface area contributed by atoms with Crippen molar-refractivity contribution in [3.63, 3.8) is 0 Å². The Hall–Kier alpha value is -1.29. The molecule has 17 heavy (non-hydrogen) atoms. The number of rotatable bonds is 4. The average Bonchev–Trinajstić information content (AvgIpc) is 2.57. The highest BCUT2D eigenvalue weighted by atomic mass is 16.5. The minimum atomic E-state index is 0.317. The van der Waals surface area contributed by atoms with E-state index in [1.807, 2.05) is 18.0 Å². The maximum absolute atomic E-state index is 5.52. The zero-order chi connectivity index (χ0) is 12.3. The summed E-state index contributed by atoms with van der Waals surface area (Å²) in [5.74, 6) is 0. The Kier molecular flexibility index (Phi) is 3.84. The van der Waals surface area contributed by atoms with Gasteiger partial charge in [-0.15, -0.1) is 0 Å². The van der Waals surface area contributed by atoms with Gasteiger partial charge in [0.25, 0.3) is 0 Å². The Morgan fingerprint density at radius 2 is 2.35 bits per heavy atom. The highest BCUT2D eigenvalue weighted by Crippen LogP contribution is 2.12. The summed E-state index contributed by atoms with van der Waals surface area (Å²) in [6.07, 6.45) is 6.44. The van der Waals surface area contributed by atoms with Gasteiger partial charge < -0.3 is 10.1 Å². The first-order valence-corrected chi connectivity index (χ1v) is 6.18. The molecule has 0 spiro atoms. The lowest BCUT2D eigenvalue weighted by atomic mass is 10.1. The van der Waals surface area contributed by atoms with Crippen LogP contribution in [0, 0.1) is 13.8 Å². The van der Waals surface area contributed by atoms with Crippen molar-refractivity contribution in [2.45, 2.75) is 39.3 Å². The smallest absolute Gasteiger partial charge is 0.110 e. The number of ether oxygens (including phenoxy) is 1. The van der Waals surface area contributed by atoms with Gasteiger partial charge in [0, 0.05) is 31.4 Å². The summed E-state index contributed by atoms with van der Waals surface area (Å²) in [6.45, 7) is 5.94. The third-order valence-corrected chi connectivity index (χ3v) is 3.36. The van der Waals surface area contributed by atoms with Crippen molar-refractivity contribution in [2.24, 2.45) is 7.05 Å². The van der Waals surface area contributed by atoms with Crippen LogP contribution in [0.25, 0.3) is 0 Å². The fourth-order valence-electron chi connectivity index (χ4n) is 2.17. The highest BCUT2D eigenvalue weighted by Gasteiger charge is 2.12. The van der Waals surface area contributed by atoms with Crippen LogP contribution in [-0.4, -0.2) is 22.4 Å². The van der Waals surface area contributed by atoms with E-state index in [9.17, 15) is 0 Å². The van der Waals surface area contributed by atoms with Gasteiger partial charge in [0.1, 0.15) is 6.10 Å². The van der Waals surface area contributed by atoms with Crippen molar-refractivity contribution in [1.82, 2.24) is 15.1 Å². The second-order valence-corrected chi connectivity index (χ2v) is 4.61. The van der Waals surface area contributed by atoms with Crippen LogP contribution >= 0.6 is 0 Å². The fourth-order valence-corrected chi connectivity index (χ4v) is 2.17. The molecule has 1 N–H and O–H groups in total. The highest BCUT2D eigenvalue weighted by molar-refractivity contribution is 5.23. The molecule has 1 aromatic rings. The first kappa shape index (κ1) is 12.2. The van der Waals surface area contributed by atoms with Gasteiger partial charge in [0.05, 0.1) is 12.0 Å². The molecule has 1 aromatic heterocycles. The van der Waals surface area contributed by atoms with E-state index in [2.05, 4.69) is 30.3 Å². The van der Waals surface area contributed by atoms with Crippen molar-refractivity contribution >= 4 is 0 Å². The molecule has 0 aliphatic carbocycles. The standard InChI is InChI=1S/C13H21N3O/c1-10-13(11(2)16(3)15-10)9-14-8-12-6-4-5-7-17-12/h5,7,12,14H,4,6,8-9H2,1-3H3/t12-/m0/s1. The Morgan fingerprint density at radius 3 is 2.94 bits per heavy atom. The molecule has 0 unspecified atom stereocenters. The van der Waals surface area contributed by atoms with E-state index in [-0.39, 0.29) is 0 Å². The molecule has 94 valence electrons. The topological polar surface area (TPSA) is 39.1 Å². The van der Waals surface area contributed by atoms with Crippen LogP contribution in [0.3, 0.4) is 0 Å². The van der Waals surface area contributed by atoms with Gasteiger partial charge in [-0.05, 0) is 32.8 Å². The molecule has 0 saturated heterocycles. The molecule has 0 radical (unpaired) electrons. The maximum Gasteiger partial charge on any atom is 0.110 e. The van der Waals surface area contributed by atoms with Crippen LogP contribution in [0.15, 0.2) is 12.3 Å². The summed E-state index contributed by atoms with van der Waals surface area (Å²) in [5.41, 5.74) is 3.65. The third kappa shape index (κ3) is 2.88. The van der Waals surface area contributed by atoms with Crippen molar-refractivity contribution in [3.05, 3.63) is 29.3 Å². The lowest BCUT2D eigenvalue weighted by Crippen LogP contribution is -2.29. The molecule has 1 aliphatic heterocycles. The van der Waals surface area contributed by atoms with Crippen LogP contribution in [-0.2, 0) is 18.3 Å². The predicted octanol–water partition coefficient (Wildman–Crippen LogP) is 1.82. The number of nitrogens with one attached hydrogen (secondary N) is 1. The van der Waals surface area contributed by atoms with Gasteiger partial charge in [-0.2, -0.15) is 5.10 Å². The Labute approximate surface area is 103 Å². The van der Waals surface area contributed by atoms with Crippen LogP contribution in [0.5, 0.6) is 0 Å². The minimum absolute atomic E-state index is 0.317. The number of aromatic nitrogens is 2. The van der Waals surface area contributed by atoms with Gasteiger partial charge in [0.15, 0.2) is 0 Å². The van der Waals surface area contributed by atoms with E-state index in [4.69, 9.17) is 4.74 Å². The summed E-state index contributed by atoms with van der Waals surface area (Å²) in [5, 5.41) is 7.86. The van der Waals surface area contributed by atoms with Crippen molar-refractivity contribution in [3.8, 4) is 0 Å². The monoisotopic (exact) mass is 235 g/mol. The Balaban J connectivity index is 1.83. The molecule has 0 aromatic carbocycles. The number of aryl methyl sites for hydroxylation is 2. The van der Waals surface area contributed by atoms with Gasteiger partial charge in [-0.1, -0.05) is 0 Å². The lowest BCUT2D eigenvalue weighted by molar-refractivity contribution is 0.122. The van der Waals surface area contributed by atoms with Gasteiger partial charge in [-0.25, -0.2) is 0 Å². The number of allylic oxidation sites excluding steroid dienone is 1. The number of nitrogens with zero attached hydrogens (tertiary/aromatic N) is 2. The van der Waals surface area contributed by atoms with E-state index < -0.39 is 0 Å². The molecule has 4 nitrogen and oxygen atoms in total. The molecule has 4 heteroatoms. The van der Waals surface area contributed by atoms with Crippen molar-refractivity contribution in [1.29, 1.82) is 0 Å². The second-order valence-electron chi connectivity index (χ2n) is 4.61. The van der Waals surface area contributed by atoms with E-state index >= 15 is 0 Å². The van der Waals surface area contributed by atoms with Crippen molar-refractivity contribution < 1.29 is 4.74 Å². The molecule has 1 atom stereocenters. The summed E-state index contributed by atoms with van der Waals surface area (Å²) in [7, 11) is 1.99. The van der Waals surface area contributed by atoms with E-state index in [0.717, 1.165) is 31.6 Å². The molecule has 0 saturated carbocycles. The van der Waals surface area contributed by atoms with E-state index in [1.165, 1.54) is 11.3 Å². The summed E-state index contributed by atoms with van der Waals surface area (Å²) in [6, 6.07) is 0. The lowest BCUT2D eigenvalue weighted by Gasteiger charge is -2.19. The number of hydrogen-bond acceptors (Lipinski definition) is 3. The Bertz CT molecular complexity index is 409. The van der Waals surface area contributed by atoms with Crippen LogP contribution in [0.1, 0.15) is 29.8 Å². The van der Waals surface area contributed by atoms with E-state index in [1.54, 1.807) is 0 Å². The number of hydrogen-bond donors (Lipinski definition) is 1. The van der Waals surface area contributed by atoms with Gasteiger partial charge in [0.2, 0.25) is 0 Å². The molecule has 2 rings (SSSR count). The molecule has 2 heterocycles. The normalized spacial score (nSPS) is 19.4. The van der Waals surface area contributed by atoms with Crippen LogP contribution in [0.4, 0.5) is 0 Å². The minimum Gasteiger partial charge on any atom is -0.497 e. The fraction of sp³-hybridized carbons (Fsp3) is 0.615. The molecule has 0 amide bonds. The van der Waals surface area contributed by atoms with Crippen LogP contribution < -0.4 is 5.32 Å². The SMILES string of the molecule is Cc1nn(C)c(C)c1CNC[C@@H]1CCC=CO1. The molecular formula is C13H21N3O. The van der Waals surface area contributed by atoms with Crippen molar-refractivity contribution in [2.75, 3.05) is 6.54 Å². The summed E-state index contributed by atoms with van der Waals surface area (Å²) >= 11 is 0. The Morgan fingerprint density at radius 1 is 1.53 bits per heavy atom. The predicted molar refractivity (Wildman–Crippen MR) is 67.6 cm³/mol. The van der Waals surface area contributed by atoms with Gasteiger partial charge in [-0.3, -0.25) is 4.68 Å². The molecule has 0 fully saturated rings. The zero-order valence-corrected chi connectivity index (χ0v) is 10.9. The quantitative estimate of drug-likeness (QED) is 0.865. The largest absolute Gasteiger partial charge is 0.497 e. The first-order valence-electron chi connectivity index (χ1n) is 6.18. The second kappa shape index (κ2) is 5.36. The third-order valence-electron chi connectivity index (χ3n) is 3.36. The maximum atomic E-state index is 5.52. The molecule has 0 bridgehead atoms. The molecular weight excluding hydrogens is 214 g/mol. The van der Waals surface area contributed by atoms with E-state index in [0.29, 0.717) is 6.10 Å². The average molecular weight is 235 g/mol. The van der Waals surface area contributed by atoms with Gasteiger partial charge >= 0.3 is 0 Å². The summed E-state index contributed by atoms with van der Waals surface area (Å²) < 4.78 is 7.45. The zero-order valence-electron chi connectivity index (χ0n) is 10.9.